The smallest absolute Gasteiger partial charge is 0.127 e. The molecule has 32 heavy (non-hydrogen) atoms. The van der Waals surface area contributed by atoms with Gasteiger partial charge in [-0.1, -0.05) is 36.3 Å². The first-order valence-corrected chi connectivity index (χ1v) is 10.8. The maximum absolute atomic E-state index is 4.85. The highest BCUT2D eigenvalue weighted by atomic mass is 15.0. The summed E-state index contributed by atoms with van der Waals surface area (Å²) in [7, 11) is 1.95. The van der Waals surface area contributed by atoms with Gasteiger partial charge in [0.05, 0.1) is 0 Å². The van der Waals surface area contributed by atoms with Crippen LogP contribution in [0.15, 0.2) is 60.9 Å². The second-order valence-corrected chi connectivity index (χ2v) is 7.89. The predicted octanol–water partition coefficient (Wildman–Crippen LogP) is 4.73. The third-order valence-corrected chi connectivity index (χ3v) is 5.55. The summed E-state index contributed by atoms with van der Waals surface area (Å²) in [4.78, 5) is 13.6. The van der Waals surface area contributed by atoms with Crippen molar-refractivity contribution < 1.29 is 0 Å². The maximum Gasteiger partial charge on any atom is 0.127 e. The topological polar surface area (TPSA) is 62.7 Å². The molecular formula is C27H27N5. The summed E-state index contributed by atoms with van der Waals surface area (Å²) < 4.78 is 0. The zero-order valence-electron chi connectivity index (χ0n) is 18.9. The van der Waals surface area contributed by atoms with Crippen LogP contribution < -0.4 is 10.6 Å². The van der Waals surface area contributed by atoms with Crippen molar-refractivity contribution in [3.8, 4) is 23.0 Å². The first kappa shape index (κ1) is 21.5. The van der Waals surface area contributed by atoms with Crippen LogP contribution in [0.3, 0.4) is 0 Å². The van der Waals surface area contributed by atoms with Gasteiger partial charge < -0.3 is 10.6 Å². The minimum absolute atomic E-state index is 0.329. The van der Waals surface area contributed by atoms with Crippen LogP contribution >= 0.6 is 0 Å². The molecule has 2 aromatic carbocycles. The van der Waals surface area contributed by atoms with Crippen molar-refractivity contribution in [1.82, 2.24) is 20.3 Å². The van der Waals surface area contributed by atoms with E-state index >= 15 is 0 Å². The van der Waals surface area contributed by atoms with Crippen LogP contribution in [0.4, 0.5) is 5.82 Å². The number of fused-ring (bicyclic) bond motifs is 1. The Hall–Kier alpha value is -3.75. The van der Waals surface area contributed by atoms with Gasteiger partial charge in [0.1, 0.15) is 17.8 Å². The van der Waals surface area contributed by atoms with Crippen molar-refractivity contribution in [1.29, 1.82) is 0 Å². The highest BCUT2D eigenvalue weighted by Gasteiger charge is 2.13. The molecule has 0 saturated heterocycles. The zero-order valence-corrected chi connectivity index (χ0v) is 18.9. The molecule has 5 heteroatoms. The van der Waals surface area contributed by atoms with E-state index in [1.54, 1.807) is 6.33 Å². The maximum atomic E-state index is 4.85. The normalized spacial score (nSPS) is 11.6. The Morgan fingerprint density at radius 1 is 0.906 bits per heavy atom. The highest BCUT2D eigenvalue weighted by molar-refractivity contribution is 5.84. The average molecular weight is 422 g/mol. The Balaban J connectivity index is 1.77. The van der Waals surface area contributed by atoms with Crippen LogP contribution in [-0.4, -0.2) is 34.6 Å². The second-order valence-electron chi connectivity index (χ2n) is 7.89. The molecule has 0 aliphatic rings. The van der Waals surface area contributed by atoms with Gasteiger partial charge in [-0.3, -0.25) is 0 Å². The summed E-state index contributed by atoms with van der Waals surface area (Å²) in [5.74, 6) is 7.43. The van der Waals surface area contributed by atoms with Gasteiger partial charge in [0, 0.05) is 40.7 Å². The minimum Gasteiger partial charge on any atom is -0.368 e. The zero-order chi connectivity index (χ0) is 22.5. The molecular weight excluding hydrogens is 394 g/mol. The van der Waals surface area contributed by atoms with E-state index in [0.717, 1.165) is 40.4 Å². The molecule has 0 aliphatic carbocycles. The molecule has 0 bridgehead atoms. The molecule has 160 valence electrons. The molecule has 0 saturated carbocycles. The molecule has 5 nitrogen and oxygen atoms in total. The van der Waals surface area contributed by atoms with Gasteiger partial charge in [0.25, 0.3) is 0 Å². The van der Waals surface area contributed by atoms with E-state index in [1.165, 1.54) is 10.8 Å². The molecule has 2 heterocycles. The van der Waals surface area contributed by atoms with Crippen LogP contribution in [0.5, 0.6) is 0 Å². The van der Waals surface area contributed by atoms with Crippen LogP contribution in [0.25, 0.3) is 21.9 Å². The molecule has 0 amide bonds. The molecule has 4 aromatic rings. The monoisotopic (exact) mass is 421 g/mol. The summed E-state index contributed by atoms with van der Waals surface area (Å²) in [5, 5.41) is 9.00. The summed E-state index contributed by atoms with van der Waals surface area (Å²) in [5.41, 5.74) is 5.42. The van der Waals surface area contributed by atoms with E-state index in [4.69, 9.17) is 4.98 Å². The van der Waals surface area contributed by atoms with Crippen LogP contribution in [0.1, 0.15) is 29.6 Å². The first-order valence-electron chi connectivity index (χ1n) is 10.8. The van der Waals surface area contributed by atoms with Crippen molar-refractivity contribution >= 4 is 16.6 Å². The lowest BCUT2D eigenvalue weighted by Crippen LogP contribution is -2.29. The van der Waals surface area contributed by atoms with Crippen molar-refractivity contribution in [2.24, 2.45) is 0 Å². The minimum atomic E-state index is 0.329. The van der Waals surface area contributed by atoms with Crippen LogP contribution in [-0.2, 0) is 0 Å². The van der Waals surface area contributed by atoms with Gasteiger partial charge in [0.15, 0.2) is 0 Å². The Morgan fingerprint density at radius 3 is 2.41 bits per heavy atom. The number of rotatable bonds is 5. The van der Waals surface area contributed by atoms with Crippen molar-refractivity contribution in [3.05, 3.63) is 83.6 Å². The molecule has 1 unspecified atom stereocenters. The number of nitrogens with one attached hydrogen (secondary N) is 2. The van der Waals surface area contributed by atoms with Gasteiger partial charge in [0.2, 0.25) is 0 Å². The lowest BCUT2D eigenvalue weighted by atomic mass is 10.0. The number of anilines is 1. The van der Waals surface area contributed by atoms with E-state index in [-0.39, 0.29) is 0 Å². The van der Waals surface area contributed by atoms with Gasteiger partial charge in [-0.15, -0.1) is 0 Å². The van der Waals surface area contributed by atoms with E-state index < -0.39 is 0 Å². The van der Waals surface area contributed by atoms with Crippen LogP contribution in [0, 0.1) is 25.7 Å². The third kappa shape index (κ3) is 4.77. The van der Waals surface area contributed by atoms with Crippen molar-refractivity contribution in [2.45, 2.75) is 26.8 Å². The number of nitrogens with zero attached hydrogens (tertiary/aromatic N) is 3. The van der Waals surface area contributed by atoms with Gasteiger partial charge >= 0.3 is 0 Å². The number of likely N-dealkylation sites (N-methyl/N-ethyl adjacent to an activating group) is 1. The fourth-order valence-electron chi connectivity index (χ4n) is 3.60. The third-order valence-electron chi connectivity index (χ3n) is 5.55. The molecule has 0 spiro atoms. The largest absolute Gasteiger partial charge is 0.368 e. The van der Waals surface area contributed by atoms with Gasteiger partial charge in [-0.25, -0.2) is 15.0 Å². The van der Waals surface area contributed by atoms with E-state index in [2.05, 4.69) is 69.7 Å². The number of hydrogen-bond donors (Lipinski definition) is 2. The molecule has 0 aliphatic heterocycles. The second kappa shape index (κ2) is 9.59. The molecule has 2 aromatic heterocycles. The number of aromatic nitrogens is 3. The van der Waals surface area contributed by atoms with Crippen LogP contribution in [0.2, 0.25) is 0 Å². The predicted molar refractivity (Wildman–Crippen MR) is 132 cm³/mol. The standard InChI is InChI=1S/C27H27N5/c1-18(28-4)16-29-26-14-12-24(27-19(2)30-17-31-20(27)3)25(32-26)13-10-21-9-11-22-7-5-6-8-23(22)15-21/h5-9,11-12,14-15,17-18,28H,16H2,1-4H3,(H,29,32). The van der Waals surface area contributed by atoms with Gasteiger partial charge in [-0.2, -0.15) is 0 Å². The van der Waals surface area contributed by atoms with Gasteiger partial charge in [-0.05, 0) is 68.8 Å². The quantitative estimate of drug-likeness (QED) is 0.456. The summed E-state index contributed by atoms with van der Waals surface area (Å²) in [6.45, 7) is 6.87. The fourth-order valence-corrected chi connectivity index (χ4v) is 3.60. The number of hydrogen-bond acceptors (Lipinski definition) is 5. The lowest BCUT2D eigenvalue weighted by molar-refractivity contribution is 0.637. The number of aryl methyl sites for hydroxylation is 2. The summed E-state index contributed by atoms with van der Waals surface area (Å²) in [6.07, 6.45) is 1.59. The average Bonchev–Trinajstić information content (AvgIpc) is 2.81. The highest BCUT2D eigenvalue weighted by Crippen LogP contribution is 2.28. The Morgan fingerprint density at radius 2 is 1.66 bits per heavy atom. The number of benzene rings is 2. The van der Waals surface area contributed by atoms with Crippen molar-refractivity contribution in [2.75, 3.05) is 18.9 Å². The molecule has 1 atom stereocenters. The molecule has 0 radical (unpaired) electrons. The van der Waals surface area contributed by atoms with E-state index in [9.17, 15) is 0 Å². The Labute approximate surface area is 189 Å². The summed E-state index contributed by atoms with van der Waals surface area (Å²) >= 11 is 0. The molecule has 2 N–H and O–H groups in total. The molecule has 4 rings (SSSR count). The van der Waals surface area contributed by atoms with E-state index in [0.29, 0.717) is 11.7 Å². The number of pyridine rings is 1. The lowest BCUT2D eigenvalue weighted by Gasteiger charge is -2.14. The SMILES string of the molecule is CNC(C)CNc1ccc(-c2c(C)ncnc2C)c(C#Cc2ccc3ccccc3c2)n1. The van der Waals surface area contributed by atoms with E-state index in [1.807, 2.05) is 45.2 Å². The fraction of sp³-hybridized carbons (Fsp3) is 0.222. The Bertz CT molecular complexity index is 1300. The Kier molecular flexibility index (Phi) is 6.44. The van der Waals surface area contributed by atoms with Crippen molar-refractivity contribution in [3.63, 3.8) is 0 Å². The summed E-state index contributed by atoms with van der Waals surface area (Å²) in [6, 6.07) is 18.9. The first-order chi connectivity index (χ1) is 15.5. The molecule has 0 fully saturated rings.